The number of hydrogen-bond donors (Lipinski definition) is 0. The Bertz CT molecular complexity index is 850. The Morgan fingerprint density at radius 3 is 2.73 bits per heavy atom. The molecular weight excluding hydrogens is 356 g/mol. The summed E-state index contributed by atoms with van der Waals surface area (Å²) in [6.45, 7) is 5.14. The topological polar surface area (TPSA) is 94.9 Å². The van der Waals surface area contributed by atoms with Crippen LogP contribution in [-0.4, -0.2) is 49.3 Å². The molecule has 26 heavy (non-hydrogen) atoms. The summed E-state index contributed by atoms with van der Waals surface area (Å²) in [6, 6.07) is 3.62. The van der Waals surface area contributed by atoms with Gasteiger partial charge in [-0.3, -0.25) is 9.78 Å². The van der Waals surface area contributed by atoms with E-state index in [1.165, 1.54) is 0 Å². The third-order valence-electron chi connectivity index (χ3n) is 4.07. The third kappa shape index (κ3) is 4.61. The summed E-state index contributed by atoms with van der Waals surface area (Å²) >= 11 is 0. The van der Waals surface area contributed by atoms with Crippen molar-refractivity contribution in [1.82, 2.24) is 4.98 Å². The van der Waals surface area contributed by atoms with Crippen LogP contribution in [0.3, 0.4) is 0 Å². The van der Waals surface area contributed by atoms with E-state index in [2.05, 4.69) is 22.0 Å². The van der Waals surface area contributed by atoms with E-state index in [0.717, 1.165) is 11.8 Å². The highest BCUT2D eigenvalue weighted by molar-refractivity contribution is 7.92. The van der Waals surface area contributed by atoms with Crippen LogP contribution in [0.25, 0.3) is 0 Å². The molecule has 0 radical (unpaired) electrons. The maximum absolute atomic E-state index is 12.1. The van der Waals surface area contributed by atoms with E-state index in [-0.39, 0.29) is 6.61 Å². The average molecular weight is 378 g/mol. The van der Waals surface area contributed by atoms with E-state index in [1.54, 1.807) is 33.0 Å². The van der Waals surface area contributed by atoms with Gasteiger partial charge in [0.1, 0.15) is 11.8 Å². The van der Waals surface area contributed by atoms with Crippen LogP contribution >= 0.6 is 0 Å². The van der Waals surface area contributed by atoms with Crippen molar-refractivity contribution in [2.75, 3.05) is 12.9 Å². The number of aromatic nitrogens is 1. The Hall–Kier alpha value is -2.40. The average Bonchev–Trinajstić information content (AvgIpc) is 3.05. The predicted octanol–water partition coefficient (Wildman–Crippen LogP) is 1.56. The van der Waals surface area contributed by atoms with Gasteiger partial charge in [0.05, 0.1) is 12.3 Å². The zero-order chi connectivity index (χ0) is 19.3. The summed E-state index contributed by atoms with van der Waals surface area (Å²) in [5.74, 6) is 4.32. The molecule has 140 valence electrons. The normalized spacial score (nSPS) is 18.8. The predicted molar refractivity (Wildman–Crippen MR) is 97.2 cm³/mol. The number of rotatable bonds is 6. The molecule has 3 atom stereocenters. The van der Waals surface area contributed by atoms with Gasteiger partial charge in [0.25, 0.3) is 0 Å². The maximum Gasteiger partial charge on any atom is 0.324 e. The summed E-state index contributed by atoms with van der Waals surface area (Å²) in [4.78, 5) is 21.8. The molecule has 0 saturated carbocycles. The van der Waals surface area contributed by atoms with Crippen LogP contribution < -0.4 is 0 Å². The van der Waals surface area contributed by atoms with Crippen LogP contribution in [0.4, 0.5) is 0 Å². The van der Waals surface area contributed by atoms with Crippen LogP contribution in [-0.2, 0) is 24.2 Å². The van der Waals surface area contributed by atoms with Crippen molar-refractivity contribution in [2.24, 2.45) is 11.1 Å². The van der Waals surface area contributed by atoms with E-state index < -0.39 is 33.1 Å². The Morgan fingerprint density at radius 1 is 1.46 bits per heavy atom. The van der Waals surface area contributed by atoms with Crippen LogP contribution in [0.15, 0.2) is 23.5 Å². The zero-order valence-electron chi connectivity index (χ0n) is 15.2. The fraction of sp³-hybridized carbons (Fsp3) is 0.500. The summed E-state index contributed by atoms with van der Waals surface area (Å²) < 4.78 is 29.1. The fourth-order valence-electron chi connectivity index (χ4n) is 2.81. The van der Waals surface area contributed by atoms with Crippen LogP contribution in [0.5, 0.6) is 0 Å². The van der Waals surface area contributed by atoms with Crippen LogP contribution in [0.2, 0.25) is 0 Å². The summed E-state index contributed by atoms with van der Waals surface area (Å²) in [6.07, 6.45) is 2.48. The van der Waals surface area contributed by atoms with Crippen LogP contribution in [0.1, 0.15) is 38.4 Å². The van der Waals surface area contributed by atoms with Crippen molar-refractivity contribution in [2.45, 2.75) is 38.5 Å². The molecule has 7 nitrogen and oxygen atoms in total. The van der Waals surface area contributed by atoms with E-state index in [1.807, 2.05) is 6.07 Å². The lowest BCUT2D eigenvalue weighted by molar-refractivity contribution is -0.144. The first kappa shape index (κ1) is 19.9. The highest BCUT2D eigenvalue weighted by atomic mass is 32.2. The number of nitrogens with zero attached hydrogens (tertiary/aromatic N) is 2. The lowest BCUT2D eigenvalue weighted by Gasteiger charge is -2.24. The minimum absolute atomic E-state index is 0.113. The minimum Gasteiger partial charge on any atom is -0.465 e. The first-order valence-corrected chi connectivity index (χ1v) is 10.2. The number of ether oxygens (including phenoxy) is 1. The van der Waals surface area contributed by atoms with E-state index in [9.17, 15) is 13.2 Å². The lowest BCUT2D eigenvalue weighted by atomic mass is 9.95. The second kappa shape index (κ2) is 8.32. The quantitative estimate of drug-likeness (QED) is 0.551. The molecule has 1 aromatic rings. The molecule has 0 saturated heterocycles. The van der Waals surface area contributed by atoms with Gasteiger partial charge < -0.3 is 9.57 Å². The molecule has 2 heterocycles. The smallest absolute Gasteiger partial charge is 0.324 e. The number of carbonyl (C=O) groups excluding carboxylic acids is 1. The maximum atomic E-state index is 12.1. The molecule has 2 rings (SSSR count). The van der Waals surface area contributed by atoms with Crippen molar-refractivity contribution in [3.63, 3.8) is 0 Å². The summed E-state index contributed by atoms with van der Waals surface area (Å²) in [7, 11) is -3.65. The minimum atomic E-state index is -3.65. The van der Waals surface area contributed by atoms with Crippen LogP contribution in [0, 0.1) is 17.8 Å². The molecule has 8 heteroatoms. The number of hydrogen-bond acceptors (Lipinski definition) is 7. The fourth-order valence-corrected chi connectivity index (χ4v) is 4.18. The molecule has 0 amide bonds. The Morgan fingerprint density at radius 2 is 2.19 bits per heavy atom. The first-order valence-electron chi connectivity index (χ1n) is 8.25. The molecule has 1 aromatic heterocycles. The molecule has 0 aromatic carbocycles. The molecule has 1 aliphatic heterocycles. The standard InChI is InChI=1S/C18H22N2O5S/c1-5-7-13-8-9-14(19-11-13)15-10-16(25-20-15)12(3)17(26(4,22)23)18(21)24-6-2/h8-9,11-12,16-17H,6,10H2,1-4H3. The van der Waals surface area contributed by atoms with Gasteiger partial charge in [-0.15, -0.1) is 5.92 Å². The highest BCUT2D eigenvalue weighted by Gasteiger charge is 2.42. The molecule has 0 spiro atoms. The molecule has 0 bridgehead atoms. The molecular formula is C18H22N2O5S. The lowest BCUT2D eigenvalue weighted by Crippen LogP contribution is -2.42. The van der Waals surface area contributed by atoms with Crippen molar-refractivity contribution in [1.29, 1.82) is 0 Å². The third-order valence-corrected chi connectivity index (χ3v) is 5.61. The van der Waals surface area contributed by atoms with Gasteiger partial charge in [0.15, 0.2) is 15.1 Å². The molecule has 0 fully saturated rings. The van der Waals surface area contributed by atoms with E-state index >= 15 is 0 Å². The second-order valence-electron chi connectivity index (χ2n) is 6.05. The molecule has 0 aliphatic carbocycles. The van der Waals surface area contributed by atoms with Gasteiger partial charge in [-0.2, -0.15) is 0 Å². The largest absolute Gasteiger partial charge is 0.465 e. The van der Waals surface area contributed by atoms with Crippen molar-refractivity contribution < 1.29 is 22.8 Å². The SMILES string of the molecule is CC#Cc1ccc(C2=NOC(C(C)C(C(=O)OCC)S(C)(=O)=O)C2)nc1. The van der Waals surface area contributed by atoms with Gasteiger partial charge >= 0.3 is 5.97 Å². The Labute approximate surface area is 153 Å². The molecule has 3 unspecified atom stereocenters. The number of esters is 1. The van der Waals surface area contributed by atoms with E-state index in [4.69, 9.17) is 9.57 Å². The van der Waals surface area contributed by atoms with Gasteiger partial charge in [0, 0.05) is 30.4 Å². The zero-order valence-corrected chi connectivity index (χ0v) is 16.0. The van der Waals surface area contributed by atoms with Gasteiger partial charge in [-0.05, 0) is 26.0 Å². The summed E-state index contributed by atoms with van der Waals surface area (Å²) in [5.41, 5.74) is 2.03. The van der Waals surface area contributed by atoms with E-state index in [0.29, 0.717) is 17.8 Å². The number of pyridine rings is 1. The number of sulfone groups is 1. The van der Waals surface area contributed by atoms with Gasteiger partial charge in [0.2, 0.25) is 0 Å². The Kier molecular flexibility index (Phi) is 6.37. The van der Waals surface area contributed by atoms with Gasteiger partial charge in [-0.1, -0.05) is 18.0 Å². The molecule has 0 N–H and O–H groups in total. The molecule has 1 aliphatic rings. The first-order chi connectivity index (χ1) is 12.3. The van der Waals surface area contributed by atoms with Crippen molar-refractivity contribution >= 4 is 21.5 Å². The van der Waals surface area contributed by atoms with Gasteiger partial charge in [-0.25, -0.2) is 8.42 Å². The second-order valence-corrected chi connectivity index (χ2v) is 8.22. The number of carbonyl (C=O) groups is 1. The Balaban J connectivity index is 2.13. The van der Waals surface area contributed by atoms with Crippen molar-refractivity contribution in [3.05, 3.63) is 29.6 Å². The summed E-state index contributed by atoms with van der Waals surface area (Å²) in [5, 5.41) is 2.73. The highest BCUT2D eigenvalue weighted by Crippen LogP contribution is 2.27. The van der Waals surface area contributed by atoms with Crippen molar-refractivity contribution in [3.8, 4) is 11.8 Å². The monoisotopic (exact) mass is 378 g/mol. The number of oxime groups is 1.